The van der Waals surface area contributed by atoms with E-state index in [1.807, 2.05) is 14.1 Å². The van der Waals surface area contributed by atoms with Gasteiger partial charge in [0.05, 0.1) is 6.04 Å². The second-order valence-corrected chi connectivity index (χ2v) is 5.29. The van der Waals surface area contributed by atoms with Crippen molar-refractivity contribution in [2.24, 2.45) is 0 Å². The number of nitrogens with zero attached hydrogens (tertiary/aromatic N) is 1. The van der Waals surface area contributed by atoms with Gasteiger partial charge in [0.15, 0.2) is 0 Å². The zero-order chi connectivity index (χ0) is 15.7. The fraction of sp³-hybridized carbons (Fsp3) is 0.562. The van der Waals surface area contributed by atoms with E-state index in [1.54, 1.807) is 0 Å². The molecule has 1 unspecified atom stereocenters. The highest BCUT2D eigenvalue weighted by Crippen LogP contribution is 2.18. The predicted octanol–water partition coefficient (Wildman–Crippen LogP) is 1.53. The van der Waals surface area contributed by atoms with Crippen LogP contribution in [0.4, 0.5) is 4.79 Å². The number of aryl methyl sites for hydroxylation is 1. The maximum absolute atomic E-state index is 11.7. The van der Waals surface area contributed by atoms with Crippen LogP contribution in [0.3, 0.4) is 0 Å². The summed E-state index contributed by atoms with van der Waals surface area (Å²) in [5.41, 5.74) is 2.50. The first-order chi connectivity index (χ1) is 10.1. The van der Waals surface area contributed by atoms with Crippen LogP contribution < -0.4 is 10.6 Å². The zero-order valence-corrected chi connectivity index (χ0v) is 13.2. The second-order valence-electron chi connectivity index (χ2n) is 5.29. The van der Waals surface area contributed by atoms with Gasteiger partial charge in [-0.25, -0.2) is 4.79 Å². The number of likely N-dealkylation sites (N-methyl/N-ethyl adjacent to an activating group) is 1. The zero-order valence-electron chi connectivity index (χ0n) is 13.2. The molecular formula is C16H27N3O2. The van der Waals surface area contributed by atoms with E-state index < -0.39 is 0 Å². The number of benzene rings is 1. The van der Waals surface area contributed by atoms with Crippen LogP contribution in [0.15, 0.2) is 24.3 Å². The number of carbonyl (C=O) groups excluding carboxylic acids is 1. The Morgan fingerprint density at radius 3 is 2.43 bits per heavy atom. The Morgan fingerprint density at radius 1 is 1.24 bits per heavy atom. The lowest BCUT2D eigenvalue weighted by atomic mass is 10.0. The molecule has 5 nitrogen and oxygen atoms in total. The number of aliphatic hydroxyl groups is 1. The number of rotatable bonds is 8. The Balaban J connectivity index is 2.55. The number of aliphatic hydroxyl groups excluding tert-OH is 1. The van der Waals surface area contributed by atoms with Crippen molar-refractivity contribution in [2.45, 2.75) is 25.8 Å². The second kappa shape index (κ2) is 9.37. The molecule has 1 rings (SSSR count). The molecule has 5 heteroatoms. The minimum Gasteiger partial charge on any atom is -0.396 e. The molecule has 0 bridgehead atoms. The molecule has 0 saturated carbocycles. The Hall–Kier alpha value is -1.59. The molecule has 0 fully saturated rings. The summed E-state index contributed by atoms with van der Waals surface area (Å²) in [6.45, 7) is 3.25. The van der Waals surface area contributed by atoms with Crippen molar-refractivity contribution < 1.29 is 9.90 Å². The number of amides is 2. The Labute approximate surface area is 127 Å². The van der Waals surface area contributed by atoms with Crippen molar-refractivity contribution in [1.82, 2.24) is 15.5 Å². The van der Waals surface area contributed by atoms with E-state index in [4.69, 9.17) is 5.11 Å². The van der Waals surface area contributed by atoms with Gasteiger partial charge in [0.2, 0.25) is 0 Å². The molecule has 1 aromatic carbocycles. The number of hydrogen-bond acceptors (Lipinski definition) is 3. The van der Waals surface area contributed by atoms with Gasteiger partial charge in [-0.3, -0.25) is 0 Å². The van der Waals surface area contributed by atoms with E-state index in [0.717, 1.165) is 6.42 Å². The van der Waals surface area contributed by atoms with Gasteiger partial charge in [0.1, 0.15) is 0 Å². The van der Waals surface area contributed by atoms with E-state index in [1.165, 1.54) is 11.1 Å². The van der Waals surface area contributed by atoms with Gasteiger partial charge in [0.25, 0.3) is 0 Å². The molecule has 118 valence electrons. The fourth-order valence-electron chi connectivity index (χ4n) is 2.11. The van der Waals surface area contributed by atoms with E-state index in [9.17, 15) is 4.79 Å². The molecule has 2 amide bonds. The highest BCUT2D eigenvalue weighted by atomic mass is 16.3. The maximum Gasteiger partial charge on any atom is 0.314 e. The molecule has 0 aliphatic rings. The molecule has 0 aliphatic carbocycles. The number of carbonyl (C=O) groups is 1. The first kappa shape index (κ1) is 17.5. The molecule has 1 aromatic rings. The van der Waals surface area contributed by atoms with Gasteiger partial charge in [-0.05, 0) is 38.1 Å². The van der Waals surface area contributed by atoms with Crippen LogP contribution in [0.1, 0.15) is 30.5 Å². The highest BCUT2D eigenvalue weighted by Gasteiger charge is 2.15. The largest absolute Gasteiger partial charge is 0.396 e. The smallest absolute Gasteiger partial charge is 0.314 e. The van der Waals surface area contributed by atoms with Gasteiger partial charge in [-0.2, -0.15) is 0 Å². The van der Waals surface area contributed by atoms with Crippen molar-refractivity contribution in [3.8, 4) is 0 Å². The van der Waals surface area contributed by atoms with Crippen molar-refractivity contribution in [3.63, 3.8) is 0 Å². The predicted molar refractivity (Wildman–Crippen MR) is 85.4 cm³/mol. The summed E-state index contributed by atoms with van der Waals surface area (Å²) in [6.07, 6.45) is 1.60. The molecular weight excluding hydrogens is 266 g/mol. The lowest BCUT2D eigenvalue weighted by Gasteiger charge is -2.25. The Kier molecular flexibility index (Phi) is 7.79. The normalized spacial score (nSPS) is 12.2. The third kappa shape index (κ3) is 6.14. The molecule has 1 atom stereocenters. The molecule has 0 heterocycles. The van der Waals surface area contributed by atoms with Crippen molar-refractivity contribution in [3.05, 3.63) is 35.4 Å². The summed E-state index contributed by atoms with van der Waals surface area (Å²) in [4.78, 5) is 13.7. The number of urea groups is 1. The van der Waals surface area contributed by atoms with E-state index in [-0.39, 0.29) is 18.7 Å². The highest BCUT2D eigenvalue weighted by molar-refractivity contribution is 5.73. The summed E-state index contributed by atoms with van der Waals surface area (Å²) in [6, 6.07) is 8.45. The monoisotopic (exact) mass is 293 g/mol. The third-order valence-electron chi connectivity index (χ3n) is 3.47. The molecule has 0 spiro atoms. The Morgan fingerprint density at radius 2 is 1.90 bits per heavy atom. The van der Waals surface area contributed by atoms with E-state index in [0.29, 0.717) is 19.5 Å². The lowest BCUT2D eigenvalue weighted by molar-refractivity contribution is 0.230. The van der Waals surface area contributed by atoms with Crippen LogP contribution in [0.5, 0.6) is 0 Å². The average Bonchev–Trinajstić information content (AvgIpc) is 2.48. The van der Waals surface area contributed by atoms with Gasteiger partial charge < -0.3 is 20.6 Å². The minimum absolute atomic E-state index is 0.0877. The van der Waals surface area contributed by atoms with E-state index in [2.05, 4.69) is 46.7 Å². The minimum atomic E-state index is -0.194. The quantitative estimate of drug-likeness (QED) is 0.637. The summed E-state index contributed by atoms with van der Waals surface area (Å²) < 4.78 is 0. The van der Waals surface area contributed by atoms with Crippen LogP contribution in [0.25, 0.3) is 0 Å². The van der Waals surface area contributed by atoms with Crippen LogP contribution in [0.2, 0.25) is 0 Å². The molecule has 0 aromatic heterocycles. The molecule has 0 radical (unpaired) electrons. The fourth-order valence-corrected chi connectivity index (χ4v) is 2.11. The lowest BCUT2D eigenvalue weighted by Crippen LogP contribution is -2.40. The van der Waals surface area contributed by atoms with Crippen LogP contribution in [-0.4, -0.2) is 49.8 Å². The topological polar surface area (TPSA) is 64.6 Å². The van der Waals surface area contributed by atoms with Gasteiger partial charge in [-0.15, -0.1) is 0 Å². The summed E-state index contributed by atoms with van der Waals surface area (Å²) >= 11 is 0. The van der Waals surface area contributed by atoms with Crippen molar-refractivity contribution >= 4 is 6.03 Å². The molecule has 0 aliphatic heterocycles. The Bertz CT molecular complexity index is 418. The van der Waals surface area contributed by atoms with Gasteiger partial charge in [-0.1, -0.05) is 31.2 Å². The van der Waals surface area contributed by atoms with E-state index >= 15 is 0 Å². The van der Waals surface area contributed by atoms with Crippen molar-refractivity contribution in [1.29, 1.82) is 0 Å². The van der Waals surface area contributed by atoms with Crippen LogP contribution >= 0.6 is 0 Å². The van der Waals surface area contributed by atoms with Gasteiger partial charge in [0, 0.05) is 19.7 Å². The van der Waals surface area contributed by atoms with Crippen LogP contribution in [0, 0.1) is 0 Å². The third-order valence-corrected chi connectivity index (χ3v) is 3.47. The summed E-state index contributed by atoms with van der Waals surface area (Å²) in [5, 5.41) is 14.3. The maximum atomic E-state index is 11.7. The van der Waals surface area contributed by atoms with Crippen LogP contribution in [-0.2, 0) is 6.42 Å². The number of nitrogens with one attached hydrogen (secondary N) is 2. The molecule has 21 heavy (non-hydrogen) atoms. The van der Waals surface area contributed by atoms with Crippen molar-refractivity contribution in [2.75, 3.05) is 33.8 Å². The molecule has 0 saturated heterocycles. The average molecular weight is 293 g/mol. The summed E-state index contributed by atoms with van der Waals surface area (Å²) in [7, 11) is 4.01. The standard InChI is InChI=1S/C16H27N3O2/c1-4-13-6-8-14(9-7-13)15(19(2)3)12-18-16(21)17-10-5-11-20/h6-9,15,20H,4-5,10-12H2,1-3H3,(H2,17,18,21). The number of hydrogen-bond donors (Lipinski definition) is 3. The SMILES string of the molecule is CCc1ccc(C(CNC(=O)NCCCO)N(C)C)cc1. The summed E-state index contributed by atoms with van der Waals surface area (Å²) in [5.74, 6) is 0. The first-order valence-electron chi connectivity index (χ1n) is 7.46. The molecule has 3 N–H and O–H groups in total. The first-order valence-corrected chi connectivity index (χ1v) is 7.46. The van der Waals surface area contributed by atoms with Gasteiger partial charge >= 0.3 is 6.03 Å².